The second kappa shape index (κ2) is 8.29. The van der Waals surface area contributed by atoms with Gasteiger partial charge in [-0.2, -0.15) is 10.1 Å². The van der Waals surface area contributed by atoms with Crippen LogP contribution in [-0.2, 0) is 6.42 Å². The number of nitrogens with zero attached hydrogens (tertiary/aromatic N) is 3. The van der Waals surface area contributed by atoms with E-state index in [0.29, 0.717) is 11.8 Å². The number of aromatic nitrogens is 3. The summed E-state index contributed by atoms with van der Waals surface area (Å²) in [4.78, 5) is 4.47. The molecule has 0 spiro atoms. The second-order valence-corrected chi connectivity index (χ2v) is 6.19. The molecule has 2 aromatic carbocycles. The molecule has 0 unspecified atom stereocenters. The number of rotatable bonds is 7. The molecule has 0 saturated heterocycles. The molecule has 1 aromatic heterocycles. The van der Waals surface area contributed by atoms with Crippen molar-refractivity contribution in [3.05, 3.63) is 65.4 Å². The molecule has 0 amide bonds. The summed E-state index contributed by atoms with van der Waals surface area (Å²) in [5, 5.41) is 14.6. The van der Waals surface area contributed by atoms with E-state index in [0.717, 1.165) is 24.4 Å². The van der Waals surface area contributed by atoms with Gasteiger partial charge in [0.25, 0.3) is 0 Å². The Hall–Kier alpha value is -3.15. The first-order valence-corrected chi connectivity index (χ1v) is 8.54. The van der Waals surface area contributed by atoms with Crippen molar-refractivity contribution in [1.82, 2.24) is 15.2 Å². The summed E-state index contributed by atoms with van der Waals surface area (Å²) in [5.41, 5.74) is 4.61. The third-order valence-corrected chi connectivity index (χ3v) is 3.91. The minimum atomic E-state index is 0.507. The van der Waals surface area contributed by atoms with Crippen LogP contribution < -0.4 is 15.4 Å². The zero-order chi connectivity index (χ0) is 18.4. The van der Waals surface area contributed by atoms with Crippen LogP contribution in [-0.4, -0.2) is 28.8 Å². The molecule has 134 valence electrons. The quantitative estimate of drug-likeness (QED) is 0.674. The lowest BCUT2D eigenvalue weighted by Crippen LogP contribution is -2.09. The van der Waals surface area contributed by atoms with E-state index in [-0.39, 0.29) is 0 Å². The number of methoxy groups -OCH3 is 1. The van der Waals surface area contributed by atoms with Crippen LogP contribution in [0.4, 0.5) is 17.5 Å². The standard InChI is InChI=1S/C20H23N5O/c1-14-10-15(2)12-17(11-14)23-19-13-22-25-20(24-19)21-9-8-16-4-6-18(26-3)7-5-16/h4-7,10-13H,8-9H2,1-3H3,(H2,21,23,24,25). The largest absolute Gasteiger partial charge is 0.497 e. The summed E-state index contributed by atoms with van der Waals surface area (Å²) in [7, 11) is 1.67. The van der Waals surface area contributed by atoms with Crippen LogP contribution in [0.3, 0.4) is 0 Å². The fraction of sp³-hybridized carbons (Fsp3) is 0.250. The highest BCUT2D eigenvalue weighted by atomic mass is 16.5. The summed E-state index contributed by atoms with van der Waals surface area (Å²) < 4.78 is 5.17. The van der Waals surface area contributed by atoms with Gasteiger partial charge in [0.05, 0.1) is 13.3 Å². The smallest absolute Gasteiger partial charge is 0.244 e. The molecule has 0 bridgehead atoms. The number of ether oxygens (including phenoxy) is 1. The van der Waals surface area contributed by atoms with Gasteiger partial charge in [-0.25, -0.2) is 0 Å². The van der Waals surface area contributed by atoms with Crippen LogP contribution in [0.15, 0.2) is 48.7 Å². The van der Waals surface area contributed by atoms with E-state index in [1.54, 1.807) is 13.3 Å². The van der Waals surface area contributed by atoms with Gasteiger partial charge in [-0.15, -0.1) is 5.10 Å². The number of nitrogens with one attached hydrogen (secondary N) is 2. The monoisotopic (exact) mass is 349 g/mol. The zero-order valence-electron chi connectivity index (χ0n) is 15.3. The van der Waals surface area contributed by atoms with E-state index in [2.05, 4.69) is 70.0 Å². The molecule has 0 radical (unpaired) electrons. The third kappa shape index (κ3) is 4.92. The first-order valence-electron chi connectivity index (χ1n) is 8.54. The molecule has 2 N–H and O–H groups in total. The highest BCUT2D eigenvalue weighted by molar-refractivity contribution is 5.58. The zero-order valence-corrected chi connectivity index (χ0v) is 15.3. The molecule has 1 heterocycles. The van der Waals surface area contributed by atoms with Crippen LogP contribution >= 0.6 is 0 Å². The van der Waals surface area contributed by atoms with Crippen LogP contribution in [0.2, 0.25) is 0 Å². The predicted octanol–water partition coefficient (Wildman–Crippen LogP) is 3.90. The van der Waals surface area contributed by atoms with Gasteiger partial charge in [0.2, 0.25) is 5.95 Å². The predicted molar refractivity (Wildman–Crippen MR) is 104 cm³/mol. The molecule has 0 saturated carbocycles. The number of hydrogen-bond donors (Lipinski definition) is 2. The summed E-state index contributed by atoms with van der Waals surface area (Å²) in [6.07, 6.45) is 2.48. The fourth-order valence-corrected chi connectivity index (χ4v) is 2.74. The van der Waals surface area contributed by atoms with Gasteiger partial charge in [0.15, 0.2) is 5.82 Å². The normalized spacial score (nSPS) is 10.4. The van der Waals surface area contributed by atoms with E-state index in [1.807, 2.05) is 12.1 Å². The molecular formula is C20H23N5O. The summed E-state index contributed by atoms with van der Waals surface area (Å²) in [6, 6.07) is 14.3. The maximum atomic E-state index is 5.17. The molecule has 0 aliphatic carbocycles. The molecule has 0 aliphatic rings. The molecule has 6 nitrogen and oxygen atoms in total. The number of hydrogen-bond acceptors (Lipinski definition) is 6. The average molecular weight is 349 g/mol. The Morgan fingerprint density at radius 2 is 1.73 bits per heavy atom. The Bertz CT molecular complexity index is 844. The van der Waals surface area contributed by atoms with Crippen LogP contribution in [0.5, 0.6) is 5.75 Å². The highest BCUT2D eigenvalue weighted by Crippen LogP contribution is 2.18. The fourth-order valence-electron chi connectivity index (χ4n) is 2.74. The minimum absolute atomic E-state index is 0.507. The Labute approximate surface area is 153 Å². The van der Waals surface area contributed by atoms with Gasteiger partial charge in [-0.05, 0) is 61.2 Å². The molecule has 6 heteroatoms. The van der Waals surface area contributed by atoms with E-state index in [1.165, 1.54) is 16.7 Å². The third-order valence-electron chi connectivity index (χ3n) is 3.91. The summed E-state index contributed by atoms with van der Waals surface area (Å²) >= 11 is 0. The topological polar surface area (TPSA) is 72.0 Å². The maximum Gasteiger partial charge on any atom is 0.244 e. The van der Waals surface area contributed by atoms with Crippen molar-refractivity contribution in [3.63, 3.8) is 0 Å². The number of aryl methyl sites for hydroxylation is 2. The highest BCUT2D eigenvalue weighted by Gasteiger charge is 2.03. The van der Waals surface area contributed by atoms with Crippen molar-refractivity contribution >= 4 is 17.5 Å². The Kier molecular flexibility index (Phi) is 5.63. The molecule has 0 aliphatic heterocycles. The molecule has 3 aromatic rings. The lowest BCUT2D eigenvalue weighted by molar-refractivity contribution is 0.414. The van der Waals surface area contributed by atoms with Gasteiger partial charge in [-0.3, -0.25) is 0 Å². The number of anilines is 3. The minimum Gasteiger partial charge on any atom is -0.497 e. The van der Waals surface area contributed by atoms with Crippen LogP contribution in [0, 0.1) is 13.8 Å². The Morgan fingerprint density at radius 1 is 1.00 bits per heavy atom. The van der Waals surface area contributed by atoms with E-state index in [9.17, 15) is 0 Å². The van der Waals surface area contributed by atoms with Gasteiger partial charge < -0.3 is 15.4 Å². The molecule has 0 atom stereocenters. The van der Waals surface area contributed by atoms with Crippen LogP contribution in [0.25, 0.3) is 0 Å². The molecule has 26 heavy (non-hydrogen) atoms. The van der Waals surface area contributed by atoms with Crippen molar-refractivity contribution in [2.45, 2.75) is 20.3 Å². The SMILES string of the molecule is COc1ccc(CCNc2nncc(Nc3cc(C)cc(C)c3)n2)cc1. The Morgan fingerprint density at radius 3 is 2.42 bits per heavy atom. The van der Waals surface area contributed by atoms with Gasteiger partial charge in [-0.1, -0.05) is 18.2 Å². The average Bonchev–Trinajstić information content (AvgIpc) is 2.62. The van der Waals surface area contributed by atoms with Gasteiger partial charge >= 0.3 is 0 Å². The van der Waals surface area contributed by atoms with E-state index >= 15 is 0 Å². The van der Waals surface area contributed by atoms with Crippen molar-refractivity contribution in [1.29, 1.82) is 0 Å². The lowest BCUT2D eigenvalue weighted by Gasteiger charge is -2.09. The van der Waals surface area contributed by atoms with Crippen molar-refractivity contribution in [3.8, 4) is 5.75 Å². The second-order valence-electron chi connectivity index (χ2n) is 6.19. The van der Waals surface area contributed by atoms with Crippen molar-refractivity contribution < 1.29 is 4.74 Å². The number of benzene rings is 2. The van der Waals surface area contributed by atoms with Gasteiger partial charge in [0, 0.05) is 12.2 Å². The summed E-state index contributed by atoms with van der Waals surface area (Å²) in [6.45, 7) is 4.87. The van der Waals surface area contributed by atoms with Crippen LogP contribution in [0.1, 0.15) is 16.7 Å². The molecule has 0 fully saturated rings. The molecule has 3 rings (SSSR count). The summed E-state index contributed by atoms with van der Waals surface area (Å²) in [5.74, 6) is 2.03. The lowest BCUT2D eigenvalue weighted by atomic mass is 10.1. The Balaban J connectivity index is 1.58. The van der Waals surface area contributed by atoms with E-state index in [4.69, 9.17) is 4.74 Å². The first-order chi connectivity index (χ1) is 12.6. The van der Waals surface area contributed by atoms with Gasteiger partial charge in [0.1, 0.15) is 5.75 Å². The first kappa shape index (κ1) is 17.7. The molecular weight excluding hydrogens is 326 g/mol. The maximum absolute atomic E-state index is 5.17. The van der Waals surface area contributed by atoms with Crippen molar-refractivity contribution in [2.24, 2.45) is 0 Å². The van der Waals surface area contributed by atoms with E-state index < -0.39 is 0 Å². The van der Waals surface area contributed by atoms with Crippen molar-refractivity contribution in [2.75, 3.05) is 24.3 Å².